The van der Waals surface area contributed by atoms with E-state index in [9.17, 15) is 9.18 Å². The zero-order valence-corrected chi connectivity index (χ0v) is 8.91. The smallest absolute Gasteiger partial charge is 0.346 e. The Morgan fingerprint density at radius 1 is 1.50 bits per heavy atom. The van der Waals surface area contributed by atoms with E-state index in [-0.39, 0.29) is 11.4 Å². The summed E-state index contributed by atoms with van der Waals surface area (Å²) in [6.45, 7) is 3.11. The molecule has 1 aromatic carbocycles. The van der Waals surface area contributed by atoms with Gasteiger partial charge in [-0.15, -0.1) is 0 Å². The molecule has 16 heavy (non-hydrogen) atoms. The summed E-state index contributed by atoms with van der Waals surface area (Å²) in [6, 6.07) is 5.85. The van der Waals surface area contributed by atoms with Crippen LogP contribution in [0.4, 0.5) is 4.39 Å². The van der Waals surface area contributed by atoms with Gasteiger partial charge in [0, 0.05) is 0 Å². The molecule has 0 amide bonds. The second-order valence-corrected chi connectivity index (χ2v) is 3.38. The Kier molecular flexibility index (Phi) is 3.41. The highest BCUT2D eigenvalue weighted by Gasteiger charge is 2.12. The maximum absolute atomic E-state index is 13.0. The van der Waals surface area contributed by atoms with Crippen LogP contribution in [0.1, 0.15) is 18.1 Å². The number of rotatable bonds is 2. The quantitative estimate of drug-likeness (QED) is 0.614. The molecule has 0 bridgehead atoms. The third-order valence-corrected chi connectivity index (χ3v) is 2.29. The number of carbonyl (C=O) groups is 1. The summed E-state index contributed by atoms with van der Waals surface area (Å²) >= 11 is 0. The molecule has 0 fully saturated rings. The first kappa shape index (κ1) is 11.9. The van der Waals surface area contributed by atoms with E-state index in [0.29, 0.717) is 16.7 Å². The van der Waals surface area contributed by atoms with Crippen LogP contribution in [0.2, 0.25) is 0 Å². The van der Waals surface area contributed by atoms with Gasteiger partial charge in [-0.3, -0.25) is 0 Å². The molecule has 0 aliphatic rings. The van der Waals surface area contributed by atoms with Crippen LogP contribution in [0.25, 0.3) is 5.57 Å². The number of halogens is 1. The van der Waals surface area contributed by atoms with Gasteiger partial charge in [0.05, 0.1) is 0 Å². The van der Waals surface area contributed by atoms with Crippen molar-refractivity contribution in [1.82, 2.24) is 0 Å². The van der Waals surface area contributed by atoms with Crippen molar-refractivity contribution < 1.29 is 14.3 Å². The monoisotopic (exact) mass is 219 g/mol. The third-order valence-electron chi connectivity index (χ3n) is 2.29. The van der Waals surface area contributed by atoms with Crippen LogP contribution in [0, 0.1) is 24.1 Å². The summed E-state index contributed by atoms with van der Waals surface area (Å²) in [5, 5.41) is 17.5. The van der Waals surface area contributed by atoms with Crippen molar-refractivity contribution >= 4 is 11.5 Å². The highest BCUT2D eigenvalue weighted by atomic mass is 19.1. The first-order valence-corrected chi connectivity index (χ1v) is 4.58. The summed E-state index contributed by atoms with van der Waals surface area (Å²) < 4.78 is 13.0. The van der Waals surface area contributed by atoms with Crippen LogP contribution < -0.4 is 0 Å². The largest absolute Gasteiger partial charge is 0.477 e. The van der Waals surface area contributed by atoms with Gasteiger partial charge in [0.2, 0.25) is 0 Å². The molecule has 4 heteroatoms. The molecule has 0 saturated heterocycles. The second kappa shape index (κ2) is 4.58. The Labute approximate surface area is 92.4 Å². The van der Waals surface area contributed by atoms with Crippen LogP contribution in [-0.2, 0) is 4.79 Å². The molecule has 3 nitrogen and oxygen atoms in total. The number of nitrogens with zero attached hydrogens (tertiary/aromatic N) is 1. The number of benzene rings is 1. The molecule has 1 aromatic rings. The first-order chi connectivity index (χ1) is 7.47. The molecule has 0 aliphatic carbocycles. The van der Waals surface area contributed by atoms with Gasteiger partial charge in [0.1, 0.15) is 17.5 Å². The minimum Gasteiger partial charge on any atom is -0.477 e. The molecule has 0 aliphatic heterocycles. The van der Waals surface area contributed by atoms with Crippen LogP contribution in [0.3, 0.4) is 0 Å². The van der Waals surface area contributed by atoms with Crippen LogP contribution in [0.5, 0.6) is 0 Å². The molecular weight excluding hydrogens is 209 g/mol. The fourth-order valence-electron chi connectivity index (χ4n) is 1.31. The van der Waals surface area contributed by atoms with Crippen molar-refractivity contribution in [2.45, 2.75) is 13.8 Å². The van der Waals surface area contributed by atoms with E-state index in [1.54, 1.807) is 13.0 Å². The highest BCUT2D eigenvalue weighted by molar-refractivity contribution is 6.00. The molecule has 0 atom stereocenters. The van der Waals surface area contributed by atoms with Gasteiger partial charge in [-0.1, -0.05) is 6.07 Å². The first-order valence-electron chi connectivity index (χ1n) is 4.58. The van der Waals surface area contributed by atoms with Gasteiger partial charge in [0.25, 0.3) is 0 Å². The zero-order valence-electron chi connectivity index (χ0n) is 8.91. The lowest BCUT2D eigenvalue weighted by Gasteiger charge is -2.04. The fraction of sp³-hybridized carbons (Fsp3) is 0.167. The molecular formula is C12H10FNO2. The molecule has 0 unspecified atom stereocenters. The predicted molar refractivity (Wildman–Crippen MR) is 57.0 cm³/mol. The number of nitriles is 1. The van der Waals surface area contributed by atoms with Gasteiger partial charge in [-0.2, -0.15) is 5.26 Å². The molecule has 0 spiro atoms. The number of carboxylic acids is 1. The van der Waals surface area contributed by atoms with E-state index in [1.165, 1.54) is 25.1 Å². The average molecular weight is 219 g/mol. The van der Waals surface area contributed by atoms with Crippen molar-refractivity contribution in [3.63, 3.8) is 0 Å². The predicted octanol–water partition coefficient (Wildman–Crippen LogP) is 2.52. The summed E-state index contributed by atoms with van der Waals surface area (Å²) in [5.41, 5.74) is 0.960. The van der Waals surface area contributed by atoms with Crippen LogP contribution in [0.15, 0.2) is 23.8 Å². The lowest BCUT2D eigenvalue weighted by atomic mass is 10.0. The Hall–Kier alpha value is -2.15. The second-order valence-electron chi connectivity index (χ2n) is 3.38. The Balaban J connectivity index is 3.34. The highest BCUT2D eigenvalue weighted by Crippen LogP contribution is 2.20. The van der Waals surface area contributed by atoms with Gasteiger partial charge < -0.3 is 5.11 Å². The minimum absolute atomic E-state index is 0.328. The van der Waals surface area contributed by atoms with Crippen molar-refractivity contribution in [1.29, 1.82) is 5.26 Å². The maximum Gasteiger partial charge on any atom is 0.346 e. The fourth-order valence-corrected chi connectivity index (χ4v) is 1.31. The van der Waals surface area contributed by atoms with Gasteiger partial charge in [-0.25, -0.2) is 9.18 Å². The van der Waals surface area contributed by atoms with E-state index in [0.717, 1.165) is 0 Å². The number of carboxylic acid groups (broad SMARTS) is 1. The Morgan fingerprint density at radius 3 is 2.56 bits per heavy atom. The van der Waals surface area contributed by atoms with Crippen molar-refractivity contribution in [2.75, 3.05) is 0 Å². The van der Waals surface area contributed by atoms with E-state index >= 15 is 0 Å². The summed E-state index contributed by atoms with van der Waals surface area (Å²) in [4.78, 5) is 10.7. The van der Waals surface area contributed by atoms with Crippen molar-refractivity contribution in [3.05, 3.63) is 40.7 Å². The lowest BCUT2D eigenvalue weighted by Crippen LogP contribution is -2.01. The number of aryl methyl sites for hydroxylation is 1. The molecule has 1 N–H and O–H groups in total. The number of hydrogen-bond acceptors (Lipinski definition) is 2. The van der Waals surface area contributed by atoms with Crippen LogP contribution in [-0.4, -0.2) is 11.1 Å². The number of aliphatic carboxylic acids is 1. The molecule has 82 valence electrons. The van der Waals surface area contributed by atoms with Crippen LogP contribution >= 0.6 is 0 Å². The molecule has 0 saturated carbocycles. The molecule has 0 aromatic heterocycles. The zero-order chi connectivity index (χ0) is 12.3. The molecule has 0 heterocycles. The van der Waals surface area contributed by atoms with Gasteiger partial charge in [0.15, 0.2) is 0 Å². The SMILES string of the molecule is C/C(=C(/C#N)C(=O)O)c1ccc(F)c(C)c1. The Bertz CT molecular complexity index is 512. The number of allylic oxidation sites excluding steroid dienone is 1. The third kappa shape index (κ3) is 2.26. The van der Waals surface area contributed by atoms with Gasteiger partial charge in [-0.05, 0) is 42.7 Å². The maximum atomic E-state index is 13.0. The van der Waals surface area contributed by atoms with Crippen molar-refractivity contribution in [2.24, 2.45) is 0 Å². The van der Waals surface area contributed by atoms with E-state index in [2.05, 4.69) is 0 Å². The topological polar surface area (TPSA) is 61.1 Å². The minimum atomic E-state index is -1.28. The normalized spacial score (nSPS) is 11.6. The summed E-state index contributed by atoms with van der Waals surface area (Å²) in [5.74, 6) is -1.63. The van der Waals surface area contributed by atoms with E-state index in [4.69, 9.17) is 10.4 Å². The Morgan fingerprint density at radius 2 is 2.12 bits per heavy atom. The standard InChI is InChI=1S/C12H10FNO2/c1-7-5-9(3-4-11(7)13)8(2)10(6-14)12(15)16/h3-5H,1-2H3,(H,15,16)/b10-8+. The van der Waals surface area contributed by atoms with Crippen molar-refractivity contribution in [3.8, 4) is 6.07 Å². The molecule has 1 rings (SSSR count). The summed E-state index contributed by atoms with van der Waals surface area (Å²) in [6.07, 6.45) is 0. The van der Waals surface area contributed by atoms with E-state index < -0.39 is 5.97 Å². The molecule has 0 radical (unpaired) electrons. The van der Waals surface area contributed by atoms with Gasteiger partial charge >= 0.3 is 5.97 Å². The lowest BCUT2D eigenvalue weighted by molar-refractivity contribution is -0.132. The average Bonchev–Trinajstić information content (AvgIpc) is 2.22. The number of hydrogen-bond donors (Lipinski definition) is 1. The van der Waals surface area contributed by atoms with E-state index in [1.807, 2.05) is 0 Å². The summed E-state index contributed by atoms with van der Waals surface area (Å²) in [7, 11) is 0.